The Balaban J connectivity index is 1.39. The smallest absolute Gasteiger partial charge is 0.251 e. The molecule has 3 aliphatic rings. The molecule has 1 aliphatic carbocycles. The summed E-state index contributed by atoms with van der Waals surface area (Å²) >= 11 is 1.48. The number of thioether (sulfide) groups is 1. The highest BCUT2D eigenvalue weighted by atomic mass is 32.2. The highest BCUT2D eigenvalue weighted by Gasteiger charge is 2.42. The molecule has 140 valence electrons. The molecule has 2 heterocycles. The highest BCUT2D eigenvalue weighted by molar-refractivity contribution is 8.15. The molecule has 1 saturated heterocycles. The van der Waals surface area contributed by atoms with E-state index in [1.807, 2.05) is 24.3 Å². The van der Waals surface area contributed by atoms with Gasteiger partial charge in [0.2, 0.25) is 0 Å². The van der Waals surface area contributed by atoms with E-state index in [9.17, 15) is 13.2 Å². The number of carbonyl (C=O) groups excluding carboxylic acids is 1. The summed E-state index contributed by atoms with van der Waals surface area (Å²) in [4.78, 5) is 17.0. The van der Waals surface area contributed by atoms with Gasteiger partial charge >= 0.3 is 0 Å². The Bertz CT molecular complexity index is 832. The van der Waals surface area contributed by atoms with Gasteiger partial charge in [0.05, 0.1) is 17.5 Å². The number of carbonyl (C=O) groups is 1. The molecule has 1 aromatic rings. The van der Waals surface area contributed by atoms with Gasteiger partial charge in [0.25, 0.3) is 5.91 Å². The molecule has 0 unspecified atom stereocenters. The topological polar surface area (TPSA) is 87.6 Å². The summed E-state index contributed by atoms with van der Waals surface area (Å²) in [7, 11) is -2.94. The number of fused-ring (bicyclic) bond motifs is 1. The van der Waals surface area contributed by atoms with Crippen LogP contribution in [-0.4, -0.2) is 48.3 Å². The molecule has 26 heavy (non-hydrogen) atoms. The van der Waals surface area contributed by atoms with Crippen molar-refractivity contribution in [2.24, 2.45) is 4.99 Å². The van der Waals surface area contributed by atoms with E-state index in [-0.39, 0.29) is 34.7 Å². The predicted molar refractivity (Wildman–Crippen MR) is 106 cm³/mol. The molecule has 2 aliphatic heterocycles. The summed E-state index contributed by atoms with van der Waals surface area (Å²) in [6.07, 6.45) is 5.74. The van der Waals surface area contributed by atoms with Gasteiger partial charge in [0, 0.05) is 22.5 Å². The number of amides is 1. The van der Waals surface area contributed by atoms with Crippen molar-refractivity contribution >= 4 is 38.4 Å². The number of hydrogen-bond donors (Lipinski definition) is 2. The standard InChI is InChI=1S/C18H23N3O3S2/c22-17(19-13-6-2-1-3-7-13)12-5-4-8-14(9-12)20-18-21-15-10-26(23,24)11-16(15)25-18/h4-5,8-9,13,15-16H,1-3,6-7,10-11H2,(H,19,22)(H,20,21)/t15-,16-/m1/s1. The Hall–Kier alpha value is -1.54. The van der Waals surface area contributed by atoms with Gasteiger partial charge in [0.1, 0.15) is 0 Å². The van der Waals surface area contributed by atoms with Crippen molar-refractivity contribution in [3.8, 4) is 0 Å². The summed E-state index contributed by atoms with van der Waals surface area (Å²) in [6.45, 7) is 0. The van der Waals surface area contributed by atoms with Crippen LogP contribution in [0, 0.1) is 0 Å². The molecule has 6 nitrogen and oxygen atoms in total. The maximum absolute atomic E-state index is 12.5. The summed E-state index contributed by atoms with van der Waals surface area (Å²) < 4.78 is 23.3. The summed E-state index contributed by atoms with van der Waals surface area (Å²) in [5.41, 5.74) is 1.43. The molecule has 1 saturated carbocycles. The van der Waals surface area contributed by atoms with Crippen molar-refractivity contribution in [3.63, 3.8) is 0 Å². The van der Waals surface area contributed by atoms with Crippen molar-refractivity contribution in [1.29, 1.82) is 0 Å². The number of hydrogen-bond acceptors (Lipinski definition) is 6. The van der Waals surface area contributed by atoms with E-state index in [1.165, 1.54) is 31.0 Å². The van der Waals surface area contributed by atoms with Crippen LogP contribution in [0.1, 0.15) is 42.5 Å². The number of anilines is 1. The Morgan fingerprint density at radius 3 is 2.73 bits per heavy atom. The van der Waals surface area contributed by atoms with Crippen LogP contribution in [0.15, 0.2) is 29.3 Å². The van der Waals surface area contributed by atoms with Crippen LogP contribution in [0.5, 0.6) is 0 Å². The van der Waals surface area contributed by atoms with Crippen molar-refractivity contribution in [2.45, 2.75) is 49.4 Å². The van der Waals surface area contributed by atoms with Crippen molar-refractivity contribution < 1.29 is 13.2 Å². The number of rotatable bonds is 3. The van der Waals surface area contributed by atoms with Crippen LogP contribution in [0.2, 0.25) is 0 Å². The van der Waals surface area contributed by atoms with Crippen LogP contribution in [-0.2, 0) is 9.84 Å². The molecule has 2 atom stereocenters. The normalized spacial score (nSPS) is 27.6. The van der Waals surface area contributed by atoms with E-state index in [0.717, 1.165) is 23.7 Å². The van der Waals surface area contributed by atoms with Gasteiger partial charge in [-0.25, -0.2) is 8.42 Å². The average Bonchev–Trinajstić information content (AvgIpc) is 3.08. The van der Waals surface area contributed by atoms with Crippen molar-refractivity contribution in [2.75, 3.05) is 16.8 Å². The minimum absolute atomic E-state index is 0.0142. The maximum Gasteiger partial charge on any atom is 0.251 e. The van der Waals surface area contributed by atoms with Crippen molar-refractivity contribution in [1.82, 2.24) is 5.32 Å². The first-order valence-corrected chi connectivity index (χ1v) is 11.8. The van der Waals surface area contributed by atoms with Gasteiger partial charge in [-0.3, -0.25) is 9.79 Å². The van der Waals surface area contributed by atoms with Gasteiger partial charge in [-0.15, -0.1) is 0 Å². The molecule has 2 N–H and O–H groups in total. The number of amidine groups is 1. The summed E-state index contributed by atoms with van der Waals surface area (Å²) in [5, 5.41) is 7.11. The second-order valence-electron chi connectivity index (χ2n) is 7.25. The summed E-state index contributed by atoms with van der Waals surface area (Å²) in [6, 6.07) is 7.52. The molecular formula is C18H23N3O3S2. The molecule has 4 rings (SSSR count). The Morgan fingerprint density at radius 2 is 1.96 bits per heavy atom. The first-order chi connectivity index (χ1) is 12.5. The molecular weight excluding hydrogens is 370 g/mol. The Morgan fingerprint density at radius 1 is 1.15 bits per heavy atom. The second kappa shape index (κ2) is 7.23. The van der Waals surface area contributed by atoms with Gasteiger partial charge in [0.15, 0.2) is 15.0 Å². The van der Waals surface area contributed by atoms with Gasteiger partial charge in [-0.1, -0.05) is 37.1 Å². The Labute approximate surface area is 158 Å². The van der Waals surface area contributed by atoms with E-state index in [1.54, 1.807) is 0 Å². The third-order valence-corrected chi connectivity index (χ3v) is 8.28. The van der Waals surface area contributed by atoms with Gasteiger partial charge in [-0.2, -0.15) is 0 Å². The van der Waals surface area contributed by atoms with Crippen LogP contribution < -0.4 is 10.6 Å². The fourth-order valence-electron chi connectivity index (χ4n) is 3.79. The average molecular weight is 394 g/mol. The van der Waals surface area contributed by atoms with Crippen LogP contribution >= 0.6 is 11.8 Å². The van der Waals surface area contributed by atoms with E-state index in [2.05, 4.69) is 15.6 Å². The Kier molecular flexibility index (Phi) is 4.96. The SMILES string of the molecule is O=C(NC1CCCCC1)c1cccc(NC2=N[C@@H]3CS(=O)(=O)C[C@H]3S2)c1. The first kappa shape index (κ1) is 17.9. The molecule has 0 radical (unpaired) electrons. The number of sulfone groups is 1. The van der Waals surface area contributed by atoms with E-state index in [4.69, 9.17) is 0 Å². The molecule has 0 bridgehead atoms. The minimum atomic E-state index is -2.94. The molecule has 2 fully saturated rings. The lowest BCUT2D eigenvalue weighted by Crippen LogP contribution is -2.36. The van der Waals surface area contributed by atoms with Crippen LogP contribution in [0.4, 0.5) is 5.69 Å². The highest BCUT2D eigenvalue weighted by Crippen LogP contribution is 2.34. The zero-order chi connectivity index (χ0) is 18.1. The van der Waals surface area contributed by atoms with Gasteiger partial charge in [-0.05, 0) is 31.0 Å². The molecule has 1 amide bonds. The lowest BCUT2D eigenvalue weighted by atomic mass is 9.95. The maximum atomic E-state index is 12.5. The quantitative estimate of drug-likeness (QED) is 0.823. The van der Waals surface area contributed by atoms with Crippen LogP contribution in [0.25, 0.3) is 0 Å². The number of nitrogens with zero attached hydrogens (tertiary/aromatic N) is 1. The fraction of sp³-hybridized carbons (Fsp3) is 0.556. The van der Waals surface area contributed by atoms with Crippen LogP contribution in [0.3, 0.4) is 0 Å². The van der Waals surface area contributed by atoms with E-state index < -0.39 is 9.84 Å². The number of nitrogens with one attached hydrogen (secondary N) is 2. The second-order valence-corrected chi connectivity index (χ2v) is 10.6. The third kappa shape index (κ3) is 4.06. The monoisotopic (exact) mass is 393 g/mol. The zero-order valence-electron chi connectivity index (χ0n) is 14.5. The fourth-order valence-corrected chi connectivity index (χ4v) is 7.47. The minimum Gasteiger partial charge on any atom is -0.349 e. The molecule has 8 heteroatoms. The molecule has 0 spiro atoms. The van der Waals surface area contributed by atoms with Gasteiger partial charge < -0.3 is 10.6 Å². The van der Waals surface area contributed by atoms with E-state index >= 15 is 0 Å². The zero-order valence-corrected chi connectivity index (χ0v) is 16.1. The first-order valence-electron chi connectivity index (χ1n) is 9.11. The molecule has 1 aromatic carbocycles. The lowest BCUT2D eigenvalue weighted by Gasteiger charge is -2.22. The number of benzene rings is 1. The number of aliphatic imine (C=N–C) groups is 1. The largest absolute Gasteiger partial charge is 0.349 e. The third-order valence-electron chi connectivity index (χ3n) is 5.13. The lowest BCUT2D eigenvalue weighted by molar-refractivity contribution is 0.0927. The predicted octanol–water partition coefficient (Wildman–Crippen LogP) is 2.43. The van der Waals surface area contributed by atoms with E-state index in [0.29, 0.717) is 5.56 Å². The van der Waals surface area contributed by atoms with Crippen molar-refractivity contribution in [3.05, 3.63) is 29.8 Å². The summed E-state index contributed by atoms with van der Waals surface area (Å²) in [5.74, 6) is 0.296. The molecule has 0 aromatic heterocycles.